The van der Waals surface area contributed by atoms with Gasteiger partial charge in [-0.25, -0.2) is 4.98 Å². The van der Waals surface area contributed by atoms with Crippen molar-refractivity contribution in [2.45, 2.75) is 6.18 Å². The summed E-state index contributed by atoms with van der Waals surface area (Å²) in [5.74, 6) is 0. The maximum Gasteiger partial charge on any atom is 0.418 e. The average Bonchev–Trinajstić information content (AvgIpc) is 3.04. The van der Waals surface area contributed by atoms with Crippen LogP contribution in [0.3, 0.4) is 0 Å². The zero-order valence-corrected chi connectivity index (χ0v) is 13.2. The molecule has 0 spiro atoms. The quantitative estimate of drug-likeness (QED) is 0.505. The van der Waals surface area contributed by atoms with Gasteiger partial charge in [0.05, 0.1) is 22.3 Å². The molecule has 0 bridgehead atoms. The van der Waals surface area contributed by atoms with E-state index < -0.39 is 17.3 Å². The van der Waals surface area contributed by atoms with Crippen molar-refractivity contribution < 1.29 is 13.2 Å². The lowest BCUT2D eigenvalue weighted by Gasteiger charge is -2.17. The average molecular weight is 364 g/mol. The predicted octanol–water partition coefficient (Wildman–Crippen LogP) is 4.31. The second-order valence-electron chi connectivity index (χ2n) is 5.41. The largest absolute Gasteiger partial charge is 0.418 e. The highest BCUT2D eigenvalue weighted by Crippen LogP contribution is 2.34. The Morgan fingerprint density at radius 3 is 2.56 bits per heavy atom. The maximum absolute atomic E-state index is 13.4. The summed E-state index contributed by atoms with van der Waals surface area (Å²) < 4.78 is 42.8. The van der Waals surface area contributed by atoms with Crippen molar-refractivity contribution in [1.29, 1.82) is 0 Å². The van der Waals surface area contributed by atoms with E-state index in [1.807, 2.05) is 0 Å². The Morgan fingerprint density at radius 2 is 1.80 bits per heavy atom. The number of hydrogen-bond donors (Lipinski definition) is 0. The first-order valence-electron chi connectivity index (χ1n) is 7.22. The van der Waals surface area contributed by atoms with E-state index in [9.17, 15) is 18.0 Å². The number of alkyl halides is 3. The van der Waals surface area contributed by atoms with E-state index in [4.69, 9.17) is 11.6 Å². The van der Waals surface area contributed by atoms with Gasteiger partial charge in [0.15, 0.2) is 0 Å². The van der Waals surface area contributed by atoms with Crippen LogP contribution in [-0.2, 0) is 6.18 Å². The van der Waals surface area contributed by atoms with Crippen LogP contribution >= 0.6 is 11.6 Å². The van der Waals surface area contributed by atoms with Crippen molar-refractivity contribution in [3.05, 3.63) is 75.8 Å². The lowest BCUT2D eigenvalue weighted by Crippen LogP contribution is -2.24. The van der Waals surface area contributed by atoms with E-state index in [-0.39, 0.29) is 16.9 Å². The minimum absolute atomic E-state index is 0.0341. The minimum atomic E-state index is -4.61. The van der Waals surface area contributed by atoms with Crippen LogP contribution in [0.15, 0.2) is 59.7 Å². The van der Waals surface area contributed by atoms with Gasteiger partial charge in [-0.15, -0.1) is 0 Å². The molecule has 0 amide bonds. The summed E-state index contributed by atoms with van der Waals surface area (Å²) in [5, 5.41) is 0.310. The third-order valence-electron chi connectivity index (χ3n) is 3.92. The van der Waals surface area contributed by atoms with Gasteiger partial charge in [0.25, 0.3) is 5.56 Å². The van der Waals surface area contributed by atoms with Crippen molar-refractivity contribution in [3.63, 3.8) is 0 Å². The molecule has 2 heterocycles. The zero-order chi connectivity index (χ0) is 17.8. The summed E-state index contributed by atoms with van der Waals surface area (Å²) in [6, 6.07) is 9.62. The number of imidazole rings is 1. The van der Waals surface area contributed by atoms with Gasteiger partial charge < -0.3 is 0 Å². The summed E-state index contributed by atoms with van der Waals surface area (Å²) >= 11 is 6.02. The van der Waals surface area contributed by atoms with E-state index in [0.717, 1.165) is 10.6 Å². The molecule has 126 valence electrons. The molecule has 4 aromatic rings. The van der Waals surface area contributed by atoms with Gasteiger partial charge in [-0.2, -0.15) is 13.2 Å². The molecular weight excluding hydrogens is 355 g/mol. The normalized spacial score (nSPS) is 12.2. The third-order valence-corrected chi connectivity index (χ3v) is 4.16. The summed E-state index contributed by atoms with van der Waals surface area (Å²) in [7, 11) is 0. The van der Waals surface area contributed by atoms with Gasteiger partial charge in [0.1, 0.15) is 0 Å². The molecule has 0 aliphatic rings. The topological polar surface area (TPSA) is 39.3 Å². The maximum atomic E-state index is 13.4. The van der Waals surface area contributed by atoms with E-state index in [2.05, 4.69) is 4.98 Å². The lowest BCUT2D eigenvalue weighted by molar-refractivity contribution is -0.137. The fraction of sp³-hybridized carbons (Fsp3) is 0.0588. The number of fused-ring (bicyclic) bond motifs is 3. The molecule has 8 heteroatoms. The Kier molecular flexibility index (Phi) is 3.36. The molecule has 2 aromatic carbocycles. The molecule has 0 saturated carbocycles. The summed E-state index contributed by atoms with van der Waals surface area (Å²) in [4.78, 5) is 16.8. The Labute approximate surface area is 143 Å². The predicted molar refractivity (Wildman–Crippen MR) is 88.3 cm³/mol. The molecule has 0 aliphatic carbocycles. The van der Waals surface area contributed by atoms with Crippen LogP contribution < -0.4 is 5.56 Å². The molecule has 25 heavy (non-hydrogen) atoms. The van der Waals surface area contributed by atoms with Gasteiger partial charge in [-0.3, -0.25) is 13.8 Å². The Hall–Kier alpha value is -2.80. The van der Waals surface area contributed by atoms with Crippen LogP contribution in [0.1, 0.15) is 5.56 Å². The van der Waals surface area contributed by atoms with E-state index in [1.54, 1.807) is 18.3 Å². The number of nitrogens with zero attached hydrogens (tertiary/aromatic N) is 3. The van der Waals surface area contributed by atoms with Crippen molar-refractivity contribution in [3.8, 4) is 5.69 Å². The van der Waals surface area contributed by atoms with E-state index >= 15 is 0 Å². The number of aromatic nitrogens is 3. The summed E-state index contributed by atoms with van der Waals surface area (Å²) in [5.41, 5.74) is -1.01. The first-order chi connectivity index (χ1) is 11.9. The molecule has 2 aromatic heterocycles. The van der Waals surface area contributed by atoms with E-state index in [1.165, 1.54) is 34.9 Å². The monoisotopic (exact) mass is 363 g/mol. The first kappa shape index (κ1) is 15.7. The third kappa shape index (κ3) is 2.39. The standard InChI is InChI=1S/C17H9ClF3N3O/c18-10-5-6-13-14(9-10)24(16(25)15-22-7-8-23(13)15)12-4-2-1-3-11(12)17(19,20)21/h1-9H. The first-order valence-corrected chi connectivity index (χ1v) is 7.59. The van der Waals surface area contributed by atoms with Crippen LogP contribution in [0.4, 0.5) is 13.2 Å². The molecule has 0 radical (unpaired) electrons. The van der Waals surface area contributed by atoms with Crippen LogP contribution in [0.2, 0.25) is 5.02 Å². The minimum Gasteiger partial charge on any atom is -0.294 e. The molecule has 4 nitrogen and oxygen atoms in total. The smallest absolute Gasteiger partial charge is 0.294 e. The fourth-order valence-electron chi connectivity index (χ4n) is 2.89. The van der Waals surface area contributed by atoms with Crippen molar-refractivity contribution >= 4 is 28.3 Å². The number of rotatable bonds is 1. The Bertz CT molecular complexity index is 1180. The van der Waals surface area contributed by atoms with Crippen LogP contribution in [0, 0.1) is 0 Å². The highest BCUT2D eigenvalue weighted by Gasteiger charge is 2.34. The van der Waals surface area contributed by atoms with Gasteiger partial charge in [0.2, 0.25) is 5.65 Å². The molecule has 0 fully saturated rings. The Morgan fingerprint density at radius 1 is 1.04 bits per heavy atom. The van der Waals surface area contributed by atoms with Crippen molar-refractivity contribution in [1.82, 2.24) is 14.0 Å². The lowest BCUT2D eigenvalue weighted by atomic mass is 10.1. The van der Waals surface area contributed by atoms with Gasteiger partial charge in [-0.05, 0) is 30.3 Å². The highest BCUT2D eigenvalue weighted by atomic mass is 35.5. The molecule has 0 N–H and O–H groups in total. The second kappa shape index (κ2) is 5.35. The SMILES string of the molecule is O=c1c2nccn2c2ccc(Cl)cc2n1-c1ccccc1C(F)(F)F. The number of benzene rings is 2. The summed E-state index contributed by atoms with van der Waals surface area (Å²) in [6.07, 6.45) is -1.61. The van der Waals surface area contributed by atoms with Crippen molar-refractivity contribution in [2.24, 2.45) is 0 Å². The molecule has 0 aliphatic heterocycles. The molecule has 4 rings (SSSR count). The van der Waals surface area contributed by atoms with Gasteiger partial charge >= 0.3 is 6.18 Å². The van der Waals surface area contributed by atoms with E-state index in [0.29, 0.717) is 10.5 Å². The van der Waals surface area contributed by atoms with Gasteiger partial charge in [0, 0.05) is 17.4 Å². The molecule has 0 unspecified atom stereocenters. The molecular formula is C17H9ClF3N3O. The number of para-hydroxylation sites is 1. The zero-order valence-electron chi connectivity index (χ0n) is 12.5. The number of halogens is 4. The van der Waals surface area contributed by atoms with Crippen LogP contribution in [0.5, 0.6) is 0 Å². The van der Waals surface area contributed by atoms with Gasteiger partial charge in [-0.1, -0.05) is 23.7 Å². The van der Waals surface area contributed by atoms with Crippen LogP contribution in [0.25, 0.3) is 22.4 Å². The fourth-order valence-corrected chi connectivity index (χ4v) is 3.06. The summed E-state index contributed by atoms with van der Waals surface area (Å²) in [6.45, 7) is 0. The second-order valence-corrected chi connectivity index (χ2v) is 5.85. The number of hydrogen-bond acceptors (Lipinski definition) is 2. The molecule has 0 atom stereocenters. The molecule has 0 saturated heterocycles. The van der Waals surface area contributed by atoms with Crippen molar-refractivity contribution in [2.75, 3.05) is 0 Å². The Balaban J connectivity index is 2.24. The highest BCUT2D eigenvalue weighted by molar-refractivity contribution is 6.31. The van der Waals surface area contributed by atoms with Crippen LogP contribution in [-0.4, -0.2) is 14.0 Å².